The molecule has 30 heavy (non-hydrogen) atoms. The van der Waals surface area contributed by atoms with E-state index in [1.54, 1.807) is 12.4 Å². The number of halogens is 2. The summed E-state index contributed by atoms with van der Waals surface area (Å²) in [5, 5.41) is 13.2. The summed E-state index contributed by atoms with van der Waals surface area (Å²) in [5.41, 5.74) is 1.77. The monoisotopic (exact) mass is 434 g/mol. The minimum atomic E-state index is -0.298. The summed E-state index contributed by atoms with van der Waals surface area (Å²) in [4.78, 5) is 18.9. The van der Waals surface area contributed by atoms with Gasteiger partial charge in [-0.05, 0) is 18.9 Å². The summed E-state index contributed by atoms with van der Waals surface area (Å²) in [7, 11) is 0. The van der Waals surface area contributed by atoms with Crippen LogP contribution in [-0.4, -0.2) is 62.1 Å². The van der Waals surface area contributed by atoms with Crippen LogP contribution in [0, 0.1) is 5.92 Å². The molecule has 0 aromatic heterocycles. The van der Waals surface area contributed by atoms with Crippen LogP contribution in [-0.2, 0) is 9.53 Å². The maximum atomic E-state index is 14.5. The molecule has 0 spiro atoms. The van der Waals surface area contributed by atoms with Crippen LogP contribution in [0.4, 0.5) is 4.39 Å². The molecule has 5 rings (SSSR count). The molecule has 0 aromatic carbocycles. The number of likely N-dealkylation sites (tertiary alicyclic amines) is 1. The molecule has 2 saturated heterocycles. The van der Waals surface area contributed by atoms with E-state index in [4.69, 9.17) is 16.3 Å². The van der Waals surface area contributed by atoms with Crippen molar-refractivity contribution in [2.45, 2.75) is 25.0 Å². The van der Waals surface area contributed by atoms with Gasteiger partial charge in [0.15, 0.2) is 5.83 Å². The summed E-state index contributed by atoms with van der Waals surface area (Å²) in [6.45, 7) is 2.46. The van der Waals surface area contributed by atoms with E-state index in [0.717, 1.165) is 24.0 Å². The average molecular weight is 435 g/mol. The van der Waals surface area contributed by atoms with Crippen molar-refractivity contribution in [3.05, 3.63) is 45.9 Å². The third-order valence-electron chi connectivity index (χ3n) is 5.97. The number of aliphatic imine (C=N–C) groups is 1. The predicted octanol–water partition coefficient (Wildman–Crippen LogP) is 0.777. The smallest absolute Gasteiger partial charge is 0.228 e. The zero-order valence-corrected chi connectivity index (χ0v) is 17.1. The molecular formula is C20H24ClFN6O2. The molecule has 5 heterocycles. The maximum Gasteiger partial charge on any atom is 0.228 e. The van der Waals surface area contributed by atoms with E-state index in [9.17, 15) is 9.18 Å². The van der Waals surface area contributed by atoms with Gasteiger partial charge in [0.05, 0.1) is 24.1 Å². The number of amides is 1. The fourth-order valence-corrected chi connectivity index (χ4v) is 4.52. The zero-order valence-electron chi connectivity index (χ0n) is 16.4. The SMILES string of the molecule is O=C(C1CCOC1)N1CC[C@@H](NC2=C(F)CNC(=C3C=NC4NC=C(Cl)C=C34)N2)C1. The Balaban J connectivity index is 1.26. The van der Waals surface area contributed by atoms with Gasteiger partial charge in [-0.15, -0.1) is 0 Å². The third-order valence-corrected chi connectivity index (χ3v) is 6.19. The first kappa shape index (κ1) is 19.4. The summed E-state index contributed by atoms with van der Waals surface area (Å²) in [6.07, 6.45) is 6.69. The number of carbonyl (C=O) groups excluding carboxylic acids is 1. The minimum Gasteiger partial charge on any atom is -0.381 e. The molecule has 2 fully saturated rings. The van der Waals surface area contributed by atoms with Gasteiger partial charge in [0, 0.05) is 49.3 Å². The van der Waals surface area contributed by atoms with Crippen molar-refractivity contribution < 1.29 is 13.9 Å². The summed E-state index contributed by atoms with van der Waals surface area (Å²) in [5.74, 6) is 0.817. The first-order chi connectivity index (χ1) is 14.6. The van der Waals surface area contributed by atoms with Gasteiger partial charge in [0.2, 0.25) is 5.91 Å². The van der Waals surface area contributed by atoms with Crippen molar-refractivity contribution in [2.24, 2.45) is 10.9 Å². The number of rotatable bonds is 3. The van der Waals surface area contributed by atoms with E-state index >= 15 is 0 Å². The molecule has 4 N–H and O–H groups in total. The van der Waals surface area contributed by atoms with Gasteiger partial charge < -0.3 is 30.9 Å². The standard InChI is InChI=1S/C20H24ClFN6O2/c21-12-5-14-15(7-24-17(14)23-6-12)18-25-8-16(22)19(27-18)26-13-1-3-28(9-13)20(29)11-2-4-30-10-11/h5-7,11,13,17,23,25-27H,1-4,8-10H2/t11?,13-,17?/m1/s1. The highest BCUT2D eigenvalue weighted by molar-refractivity contribution is 6.31. The highest BCUT2D eigenvalue weighted by atomic mass is 35.5. The lowest BCUT2D eigenvalue weighted by molar-refractivity contribution is -0.134. The van der Waals surface area contributed by atoms with Crippen molar-refractivity contribution in [3.8, 4) is 0 Å². The molecular weight excluding hydrogens is 411 g/mol. The topological polar surface area (TPSA) is 90.0 Å². The van der Waals surface area contributed by atoms with Crippen LogP contribution in [0.1, 0.15) is 12.8 Å². The number of fused-ring (bicyclic) bond motifs is 1. The van der Waals surface area contributed by atoms with E-state index in [2.05, 4.69) is 26.3 Å². The number of hydrogen-bond donors (Lipinski definition) is 4. The molecule has 5 aliphatic rings. The molecule has 10 heteroatoms. The second kappa shape index (κ2) is 7.96. The van der Waals surface area contributed by atoms with Crippen molar-refractivity contribution in [3.63, 3.8) is 0 Å². The normalized spacial score (nSPS) is 32.9. The number of allylic oxidation sites excluding steroid dienone is 2. The van der Waals surface area contributed by atoms with E-state index in [1.165, 1.54) is 0 Å². The molecule has 0 aliphatic carbocycles. The molecule has 0 aromatic rings. The van der Waals surface area contributed by atoms with Crippen LogP contribution in [0.15, 0.2) is 50.9 Å². The highest BCUT2D eigenvalue weighted by Crippen LogP contribution is 2.29. The largest absolute Gasteiger partial charge is 0.381 e. The Morgan fingerprint density at radius 1 is 1.40 bits per heavy atom. The Labute approximate surface area is 178 Å². The van der Waals surface area contributed by atoms with Crippen molar-refractivity contribution >= 4 is 23.7 Å². The molecule has 5 aliphatic heterocycles. The van der Waals surface area contributed by atoms with Crippen LogP contribution >= 0.6 is 11.6 Å². The third kappa shape index (κ3) is 3.67. The molecule has 2 unspecified atom stereocenters. The number of carbonyl (C=O) groups is 1. The van der Waals surface area contributed by atoms with E-state index in [1.807, 2.05) is 11.0 Å². The molecule has 1 amide bonds. The van der Waals surface area contributed by atoms with Gasteiger partial charge in [-0.1, -0.05) is 11.6 Å². The maximum absolute atomic E-state index is 14.5. The lowest BCUT2D eigenvalue weighted by Gasteiger charge is -2.27. The van der Waals surface area contributed by atoms with Crippen molar-refractivity contribution in [1.29, 1.82) is 0 Å². The average Bonchev–Trinajstić information content (AvgIpc) is 3.50. The van der Waals surface area contributed by atoms with E-state index in [0.29, 0.717) is 43.0 Å². The van der Waals surface area contributed by atoms with Gasteiger partial charge in [-0.25, -0.2) is 4.39 Å². The fourth-order valence-electron chi connectivity index (χ4n) is 4.34. The number of nitrogens with one attached hydrogen (secondary N) is 4. The Kier molecular flexibility index (Phi) is 5.16. The minimum absolute atomic E-state index is 0.00759. The lowest BCUT2D eigenvalue weighted by atomic mass is 10.0. The Hall–Kier alpha value is -2.52. The number of nitrogens with zero attached hydrogens (tertiary/aromatic N) is 2. The number of ether oxygens (including phenoxy) is 1. The van der Waals surface area contributed by atoms with Crippen LogP contribution < -0.4 is 21.3 Å². The lowest BCUT2D eigenvalue weighted by Crippen LogP contribution is -2.45. The van der Waals surface area contributed by atoms with Crippen LogP contribution in [0.2, 0.25) is 0 Å². The molecule has 0 saturated carbocycles. The van der Waals surface area contributed by atoms with Gasteiger partial charge in [0.25, 0.3) is 0 Å². The number of hydrogen-bond acceptors (Lipinski definition) is 7. The fraction of sp³-hybridized carbons (Fsp3) is 0.500. The van der Waals surface area contributed by atoms with E-state index in [-0.39, 0.29) is 36.4 Å². The van der Waals surface area contributed by atoms with Gasteiger partial charge >= 0.3 is 0 Å². The molecule has 3 atom stereocenters. The Morgan fingerprint density at radius 2 is 2.30 bits per heavy atom. The van der Waals surface area contributed by atoms with Crippen LogP contribution in [0.25, 0.3) is 0 Å². The first-order valence-electron chi connectivity index (χ1n) is 10.2. The Morgan fingerprint density at radius 3 is 3.13 bits per heavy atom. The summed E-state index contributed by atoms with van der Waals surface area (Å²) in [6, 6.07) is -0.00759. The van der Waals surface area contributed by atoms with Crippen LogP contribution in [0.3, 0.4) is 0 Å². The molecule has 0 bridgehead atoms. The van der Waals surface area contributed by atoms with Gasteiger partial charge in [0.1, 0.15) is 17.8 Å². The first-order valence-corrected chi connectivity index (χ1v) is 10.6. The summed E-state index contributed by atoms with van der Waals surface area (Å²) >= 11 is 6.12. The summed E-state index contributed by atoms with van der Waals surface area (Å²) < 4.78 is 19.9. The molecule has 160 valence electrons. The van der Waals surface area contributed by atoms with Crippen LogP contribution in [0.5, 0.6) is 0 Å². The quantitative estimate of drug-likeness (QED) is 0.525. The second-order valence-electron chi connectivity index (χ2n) is 8.00. The van der Waals surface area contributed by atoms with Gasteiger partial charge in [-0.3, -0.25) is 9.79 Å². The molecule has 8 nitrogen and oxygen atoms in total. The number of dihydropyridines is 1. The second-order valence-corrected chi connectivity index (χ2v) is 8.43. The highest BCUT2D eigenvalue weighted by Gasteiger charge is 2.34. The zero-order chi connectivity index (χ0) is 20.7. The van der Waals surface area contributed by atoms with Gasteiger partial charge in [-0.2, -0.15) is 0 Å². The predicted molar refractivity (Wildman–Crippen MR) is 111 cm³/mol. The van der Waals surface area contributed by atoms with Crippen molar-refractivity contribution in [2.75, 3.05) is 32.8 Å². The van der Waals surface area contributed by atoms with E-state index < -0.39 is 0 Å². The Bertz CT molecular complexity index is 905. The molecule has 0 radical (unpaired) electrons. The van der Waals surface area contributed by atoms with Crippen molar-refractivity contribution in [1.82, 2.24) is 26.2 Å².